The first-order chi connectivity index (χ1) is 12.5. The Balaban J connectivity index is 1.74. The molecule has 0 spiro atoms. The third kappa shape index (κ3) is 3.95. The molecule has 6 nitrogen and oxygen atoms in total. The molecule has 3 aromatic rings. The van der Waals surface area contributed by atoms with Crippen LogP contribution >= 0.6 is 22.9 Å². The van der Waals surface area contributed by atoms with Gasteiger partial charge in [-0.25, -0.2) is 9.78 Å². The molecule has 0 atom stereocenters. The number of furan rings is 1. The first kappa shape index (κ1) is 18.2. The number of benzene rings is 1. The fourth-order valence-electron chi connectivity index (χ4n) is 2.32. The number of carbonyl (C=O) groups is 2. The van der Waals surface area contributed by atoms with Gasteiger partial charge in [0.1, 0.15) is 17.9 Å². The minimum atomic E-state index is -0.482. The van der Waals surface area contributed by atoms with E-state index in [-0.39, 0.29) is 12.5 Å². The van der Waals surface area contributed by atoms with E-state index >= 15 is 0 Å². The van der Waals surface area contributed by atoms with Crippen LogP contribution in [0.3, 0.4) is 0 Å². The predicted octanol–water partition coefficient (Wildman–Crippen LogP) is 4.74. The monoisotopic (exact) mass is 390 g/mol. The van der Waals surface area contributed by atoms with Crippen molar-refractivity contribution in [2.75, 3.05) is 4.90 Å². The largest absolute Gasteiger partial charge is 0.469 e. The third-order valence-corrected chi connectivity index (χ3v) is 4.65. The summed E-state index contributed by atoms with van der Waals surface area (Å²) in [6.07, 6.45) is 1.43. The van der Waals surface area contributed by atoms with Gasteiger partial charge >= 0.3 is 5.97 Å². The van der Waals surface area contributed by atoms with E-state index in [4.69, 9.17) is 20.8 Å². The summed E-state index contributed by atoms with van der Waals surface area (Å²) >= 11 is 7.29. The summed E-state index contributed by atoms with van der Waals surface area (Å²) in [5.41, 5.74) is 1.55. The highest BCUT2D eigenvalue weighted by Gasteiger charge is 2.19. The maximum Gasteiger partial charge on any atom is 0.342 e. The number of halogens is 1. The molecule has 0 radical (unpaired) electrons. The van der Waals surface area contributed by atoms with Gasteiger partial charge in [0.05, 0.1) is 17.6 Å². The van der Waals surface area contributed by atoms with Gasteiger partial charge in [0.25, 0.3) is 0 Å². The van der Waals surface area contributed by atoms with Crippen LogP contribution in [0.1, 0.15) is 28.7 Å². The van der Waals surface area contributed by atoms with Crippen molar-refractivity contribution in [1.82, 2.24) is 4.98 Å². The van der Waals surface area contributed by atoms with Crippen molar-refractivity contribution in [2.45, 2.75) is 20.5 Å². The smallest absolute Gasteiger partial charge is 0.342 e. The third-order valence-electron chi connectivity index (χ3n) is 3.54. The Morgan fingerprint density at radius 2 is 2.15 bits per heavy atom. The molecule has 8 heteroatoms. The van der Waals surface area contributed by atoms with Crippen LogP contribution < -0.4 is 4.90 Å². The number of aryl methyl sites for hydroxylation is 1. The summed E-state index contributed by atoms with van der Waals surface area (Å²) in [6, 6.07) is 8.51. The summed E-state index contributed by atoms with van der Waals surface area (Å²) in [5.74, 6) is -0.180. The van der Waals surface area contributed by atoms with Gasteiger partial charge in [-0.05, 0) is 31.2 Å². The van der Waals surface area contributed by atoms with E-state index < -0.39 is 5.97 Å². The Hall–Kier alpha value is -2.64. The van der Waals surface area contributed by atoms with Gasteiger partial charge in [-0.2, -0.15) is 0 Å². The van der Waals surface area contributed by atoms with Gasteiger partial charge in [0.2, 0.25) is 5.91 Å². The normalized spacial score (nSPS) is 10.6. The van der Waals surface area contributed by atoms with E-state index in [1.54, 1.807) is 42.6 Å². The number of nitrogens with zero attached hydrogens (tertiary/aromatic N) is 2. The number of anilines is 2. The van der Waals surface area contributed by atoms with Gasteiger partial charge in [-0.15, -0.1) is 11.3 Å². The average molecular weight is 391 g/mol. The molecule has 26 heavy (non-hydrogen) atoms. The van der Waals surface area contributed by atoms with Crippen LogP contribution in [0, 0.1) is 6.92 Å². The Labute approximate surface area is 159 Å². The average Bonchev–Trinajstić information content (AvgIpc) is 3.22. The van der Waals surface area contributed by atoms with E-state index in [1.807, 2.05) is 0 Å². The topological polar surface area (TPSA) is 72.6 Å². The van der Waals surface area contributed by atoms with E-state index in [2.05, 4.69) is 4.98 Å². The highest BCUT2D eigenvalue weighted by molar-refractivity contribution is 7.14. The molecule has 2 aromatic heterocycles. The lowest BCUT2D eigenvalue weighted by atomic mass is 10.3. The first-order valence-electron chi connectivity index (χ1n) is 7.67. The maximum atomic E-state index is 12.1. The number of carbonyl (C=O) groups excluding carboxylic acids is 2. The standard InChI is InChI=1S/C18H15ClN2O4S/c1-11-16(6-7-24-11)17(23)25-9-14-10-26-18(20-14)21(12(2)22)15-5-3-4-13(19)8-15/h3-8,10H,9H2,1-2H3. The number of esters is 1. The Morgan fingerprint density at radius 3 is 2.81 bits per heavy atom. The van der Waals surface area contributed by atoms with E-state index in [0.29, 0.717) is 32.9 Å². The van der Waals surface area contributed by atoms with Crippen LogP contribution in [0.15, 0.2) is 46.4 Å². The van der Waals surface area contributed by atoms with Crippen molar-refractivity contribution in [3.8, 4) is 0 Å². The number of thiazole rings is 1. The van der Waals surface area contributed by atoms with Gasteiger partial charge in [0, 0.05) is 17.3 Å². The summed E-state index contributed by atoms with van der Waals surface area (Å²) in [7, 11) is 0. The van der Waals surface area contributed by atoms with Gasteiger partial charge in [-0.1, -0.05) is 17.7 Å². The molecule has 0 aliphatic carbocycles. The molecule has 1 amide bonds. The summed E-state index contributed by atoms with van der Waals surface area (Å²) in [5, 5.41) is 2.74. The van der Waals surface area contributed by atoms with Crippen LogP contribution in [0.25, 0.3) is 0 Å². The Morgan fingerprint density at radius 1 is 1.35 bits per heavy atom. The van der Waals surface area contributed by atoms with E-state index in [9.17, 15) is 9.59 Å². The van der Waals surface area contributed by atoms with Crippen LogP contribution in [0.5, 0.6) is 0 Å². The molecule has 2 heterocycles. The molecule has 0 saturated heterocycles. The molecule has 0 aliphatic rings. The van der Waals surface area contributed by atoms with Crippen molar-refractivity contribution in [3.63, 3.8) is 0 Å². The lowest BCUT2D eigenvalue weighted by molar-refractivity contribution is -0.115. The number of amides is 1. The van der Waals surface area contributed by atoms with Crippen molar-refractivity contribution < 1.29 is 18.7 Å². The summed E-state index contributed by atoms with van der Waals surface area (Å²) < 4.78 is 10.3. The quantitative estimate of drug-likeness (QED) is 0.588. The van der Waals surface area contributed by atoms with Crippen molar-refractivity contribution in [3.05, 3.63) is 64.0 Å². The van der Waals surface area contributed by atoms with Gasteiger partial charge < -0.3 is 9.15 Å². The molecule has 0 fully saturated rings. The van der Waals surface area contributed by atoms with E-state index in [0.717, 1.165) is 0 Å². The molecule has 3 rings (SSSR count). The number of rotatable bonds is 5. The highest BCUT2D eigenvalue weighted by atomic mass is 35.5. The lowest BCUT2D eigenvalue weighted by Crippen LogP contribution is -2.22. The van der Waals surface area contributed by atoms with Gasteiger partial charge in [-0.3, -0.25) is 9.69 Å². The second-order valence-corrected chi connectivity index (χ2v) is 6.70. The zero-order chi connectivity index (χ0) is 18.7. The number of aromatic nitrogens is 1. The summed E-state index contributed by atoms with van der Waals surface area (Å²) in [4.78, 5) is 30.0. The van der Waals surface area contributed by atoms with Crippen LogP contribution in [-0.4, -0.2) is 16.9 Å². The molecule has 0 unspecified atom stereocenters. The van der Waals surface area contributed by atoms with E-state index in [1.165, 1.54) is 29.4 Å². The molecule has 0 bridgehead atoms. The molecule has 0 saturated carbocycles. The zero-order valence-corrected chi connectivity index (χ0v) is 15.6. The molecule has 134 valence electrons. The number of hydrogen-bond donors (Lipinski definition) is 0. The molecular formula is C18H15ClN2O4S. The van der Waals surface area contributed by atoms with Crippen molar-refractivity contribution in [2.24, 2.45) is 0 Å². The fourth-order valence-corrected chi connectivity index (χ4v) is 3.38. The Bertz CT molecular complexity index is 950. The lowest BCUT2D eigenvalue weighted by Gasteiger charge is -2.18. The maximum absolute atomic E-state index is 12.1. The number of hydrogen-bond acceptors (Lipinski definition) is 6. The second kappa shape index (κ2) is 7.72. The molecule has 0 aliphatic heterocycles. The first-order valence-corrected chi connectivity index (χ1v) is 8.93. The van der Waals surface area contributed by atoms with Crippen molar-refractivity contribution >= 4 is 45.6 Å². The van der Waals surface area contributed by atoms with Crippen LogP contribution in [0.4, 0.5) is 10.8 Å². The predicted molar refractivity (Wildman–Crippen MR) is 99.0 cm³/mol. The zero-order valence-electron chi connectivity index (χ0n) is 14.1. The highest BCUT2D eigenvalue weighted by Crippen LogP contribution is 2.30. The molecular weight excluding hydrogens is 376 g/mol. The Kier molecular flexibility index (Phi) is 5.39. The molecule has 1 aromatic carbocycles. The number of ether oxygens (including phenoxy) is 1. The van der Waals surface area contributed by atoms with Crippen molar-refractivity contribution in [1.29, 1.82) is 0 Å². The van der Waals surface area contributed by atoms with Gasteiger partial charge in [0.15, 0.2) is 5.13 Å². The fraction of sp³-hybridized carbons (Fsp3) is 0.167. The summed E-state index contributed by atoms with van der Waals surface area (Å²) in [6.45, 7) is 3.14. The molecule has 0 N–H and O–H groups in total. The minimum absolute atomic E-state index is 0.00123. The second-order valence-electron chi connectivity index (χ2n) is 5.42. The minimum Gasteiger partial charge on any atom is -0.469 e. The van der Waals surface area contributed by atoms with Crippen LogP contribution in [-0.2, 0) is 16.1 Å². The van der Waals surface area contributed by atoms with Crippen LogP contribution in [0.2, 0.25) is 5.02 Å². The SMILES string of the molecule is CC(=O)N(c1cccc(Cl)c1)c1nc(COC(=O)c2ccoc2C)cs1.